The second-order valence-corrected chi connectivity index (χ2v) is 6.72. The first-order valence-electron chi connectivity index (χ1n) is 6.79. The fourth-order valence-electron chi connectivity index (χ4n) is 4.53. The van der Waals surface area contributed by atoms with E-state index in [9.17, 15) is 4.79 Å². The average molecular weight is 221 g/mol. The van der Waals surface area contributed by atoms with Gasteiger partial charge in [0.05, 0.1) is 0 Å². The van der Waals surface area contributed by atoms with Crippen LogP contribution in [0.25, 0.3) is 0 Å². The zero-order valence-corrected chi connectivity index (χ0v) is 10.6. The topological polar surface area (TPSA) is 29.1 Å². The third-order valence-corrected chi connectivity index (χ3v) is 5.85. The van der Waals surface area contributed by atoms with E-state index in [1.165, 1.54) is 6.42 Å². The highest BCUT2D eigenvalue weighted by molar-refractivity contribution is 5.85. The van der Waals surface area contributed by atoms with Crippen molar-refractivity contribution in [2.24, 2.45) is 29.1 Å². The Morgan fingerprint density at radius 3 is 2.81 bits per heavy atom. The molecule has 3 fully saturated rings. The molecule has 2 heteroatoms. The number of carbonyl (C=O) groups is 1. The minimum absolute atomic E-state index is 0.294. The van der Waals surface area contributed by atoms with E-state index in [0.717, 1.165) is 31.2 Å². The fourth-order valence-corrected chi connectivity index (χ4v) is 4.53. The fraction of sp³-hybridized carbons (Fsp3) is 0.929. The van der Waals surface area contributed by atoms with Gasteiger partial charge < -0.3 is 5.32 Å². The van der Waals surface area contributed by atoms with Crippen molar-refractivity contribution in [3.8, 4) is 0 Å². The van der Waals surface area contributed by atoms with E-state index in [1.54, 1.807) is 0 Å². The van der Waals surface area contributed by atoms with Gasteiger partial charge in [-0.2, -0.15) is 0 Å². The number of Topliss-reactive ketones (excluding diaryl/α,β-unsaturated/α-hetero) is 1. The van der Waals surface area contributed by atoms with Crippen molar-refractivity contribution in [2.75, 3.05) is 6.54 Å². The molecule has 2 aliphatic carbocycles. The smallest absolute Gasteiger partial charge is 0.136 e. The molecule has 90 valence electrons. The van der Waals surface area contributed by atoms with Crippen LogP contribution >= 0.6 is 0 Å². The van der Waals surface area contributed by atoms with Gasteiger partial charge >= 0.3 is 0 Å². The Kier molecular flexibility index (Phi) is 2.23. The molecule has 16 heavy (non-hydrogen) atoms. The Morgan fingerprint density at radius 1 is 1.38 bits per heavy atom. The maximum atomic E-state index is 12.1. The highest BCUT2D eigenvalue weighted by Gasteiger charge is 2.61. The minimum atomic E-state index is 0.294. The van der Waals surface area contributed by atoms with Gasteiger partial charge in [-0.15, -0.1) is 0 Å². The van der Waals surface area contributed by atoms with Gasteiger partial charge in [0, 0.05) is 18.4 Å². The van der Waals surface area contributed by atoms with Crippen molar-refractivity contribution >= 4 is 5.78 Å². The lowest BCUT2D eigenvalue weighted by Gasteiger charge is -2.45. The summed E-state index contributed by atoms with van der Waals surface area (Å²) in [5.74, 6) is 3.02. The number of carbonyl (C=O) groups excluding carboxylic acids is 1. The second kappa shape index (κ2) is 3.32. The van der Waals surface area contributed by atoms with Crippen molar-refractivity contribution in [1.29, 1.82) is 0 Å². The van der Waals surface area contributed by atoms with Gasteiger partial charge in [0.2, 0.25) is 0 Å². The van der Waals surface area contributed by atoms with Gasteiger partial charge in [0.15, 0.2) is 0 Å². The molecule has 3 aliphatic rings. The molecule has 2 nitrogen and oxygen atoms in total. The van der Waals surface area contributed by atoms with Gasteiger partial charge in [0.1, 0.15) is 5.78 Å². The first-order valence-corrected chi connectivity index (χ1v) is 6.79. The SMILES string of the molecule is CC(C)[C@H]1C[C@@H]2C(=O)C[C@@H]3CN[C@H](C1)[C@@]32C. The van der Waals surface area contributed by atoms with Crippen LogP contribution in [0.2, 0.25) is 0 Å². The van der Waals surface area contributed by atoms with Gasteiger partial charge in [-0.05, 0) is 42.6 Å². The standard InChI is InChI=1S/C14H23NO/c1-8(2)9-4-11-12(16)6-10-7-15-13(5-9)14(10,11)3/h8-11,13,15H,4-7H2,1-3H3/t9-,10+,11+,13+,14-/m0/s1. The average Bonchev–Trinajstić information content (AvgIpc) is 2.67. The molecule has 0 radical (unpaired) electrons. The predicted molar refractivity (Wildman–Crippen MR) is 64.1 cm³/mol. The molecular formula is C14H23NO. The third-order valence-electron chi connectivity index (χ3n) is 5.85. The second-order valence-electron chi connectivity index (χ2n) is 6.72. The van der Waals surface area contributed by atoms with E-state index in [0.29, 0.717) is 29.1 Å². The predicted octanol–water partition coefficient (Wildman–Crippen LogP) is 2.24. The molecule has 0 unspecified atom stereocenters. The van der Waals surface area contributed by atoms with E-state index in [-0.39, 0.29) is 0 Å². The first-order chi connectivity index (χ1) is 7.53. The molecule has 1 saturated heterocycles. The number of rotatable bonds is 1. The molecule has 1 aliphatic heterocycles. The molecular weight excluding hydrogens is 198 g/mol. The molecule has 2 saturated carbocycles. The lowest BCUT2D eigenvalue weighted by atomic mass is 9.60. The first kappa shape index (κ1) is 10.8. The van der Waals surface area contributed by atoms with Gasteiger partial charge in [-0.1, -0.05) is 20.8 Å². The summed E-state index contributed by atoms with van der Waals surface area (Å²) in [6.45, 7) is 8.06. The number of ketones is 1. The molecule has 0 spiro atoms. The van der Waals surface area contributed by atoms with Crippen LogP contribution in [0.15, 0.2) is 0 Å². The summed E-state index contributed by atoms with van der Waals surface area (Å²) in [4.78, 5) is 12.1. The Bertz CT molecular complexity index is 325. The Morgan fingerprint density at radius 2 is 2.12 bits per heavy atom. The highest BCUT2D eigenvalue weighted by atomic mass is 16.1. The molecule has 1 N–H and O–H groups in total. The molecule has 1 heterocycles. The summed E-state index contributed by atoms with van der Waals surface area (Å²) < 4.78 is 0. The van der Waals surface area contributed by atoms with Crippen LogP contribution in [0, 0.1) is 29.1 Å². The maximum Gasteiger partial charge on any atom is 0.136 e. The zero-order valence-electron chi connectivity index (χ0n) is 10.6. The van der Waals surface area contributed by atoms with Crippen molar-refractivity contribution in [3.63, 3.8) is 0 Å². The van der Waals surface area contributed by atoms with Gasteiger partial charge in [0.25, 0.3) is 0 Å². The van der Waals surface area contributed by atoms with E-state index in [4.69, 9.17) is 0 Å². The lowest BCUT2D eigenvalue weighted by molar-refractivity contribution is -0.124. The molecule has 3 rings (SSSR count). The van der Waals surface area contributed by atoms with Crippen LogP contribution in [0.4, 0.5) is 0 Å². The van der Waals surface area contributed by atoms with Crippen LogP contribution in [-0.2, 0) is 4.79 Å². The summed E-state index contributed by atoms with van der Waals surface area (Å²) in [6, 6.07) is 0.607. The van der Waals surface area contributed by atoms with Crippen LogP contribution in [0.3, 0.4) is 0 Å². The zero-order chi connectivity index (χ0) is 11.5. The molecule has 5 atom stereocenters. The molecule has 0 aromatic carbocycles. The van der Waals surface area contributed by atoms with E-state index in [2.05, 4.69) is 26.1 Å². The lowest BCUT2D eigenvalue weighted by Crippen LogP contribution is -2.48. The Labute approximate surface area is 98.2 Å². The monoisotopic (exact) mass is 221 g/mol. The van der Waals surface area contributed by atoms with Crippen molar-refractivity contribution in [3.05, 3.63) is 0 Å². The molecule has 0 bridgehead atoms. The third kappa shape index (κ3) is 1.20. The Hall–Kier alpha value is -0.370. The Balaban J connectivity index is 1.93. The summed E-state index contributed by atoms with van der Waals surface area (Å²) in [5, 5.41) is 3.68. The van der Waals surface area contributed by atoms with Crippen molar-refractivity contribution < 1.29 is 4.79 Å². The minimum Gasteiger partial charge on any atom is -0.313 e. The van der Waals surface area contributed by atoms with E-state index >= 15 is 0 Å². The van der Waals surface area contributed by atoms with Crippen LogP contribution in [0.5, 0.6) is 0 Å². The van der Waals surface area contributed by atoms with Crippen LogP contribution in [0.1, 0.15) is 40.0 Å². The van der Waals surface area contributed by atoms with Crippen LogP contribution < -0.4 is 5.32 Å². The highest BCUT2D eigenvalue weighted by Crippen LogP contribution is 2.58. The number of nitrogens with one attached hydrogen (secondary N) is 1. The van der Waals surface area contributed by atoms with E-state index in [1.807, 2.05) is 0 Å². The molecule has 0 aromatic rings. The largest absolute Gasteiger partial charge is 0.313 e. The van der Waals surface area contributed by atoms with Gasteiger partial charge in [-0.25, -0.2) is 0 Å². The van der Waals surface area contributed by atoms with Gasteiger partial charge in [-0.3, -0.25) is 4.79 Å². The van der Waals surface area contributed by atoms with Crippen molar-refractivity contribution in [1.82, 2.24) is 5.32 Å². The number of hydrogen-bond donors (Lipinski definition) is 1. The van der Waals surface area contributed by atoms with Crippen LogP contribution in [-0.4, -0.2) is 18.4 Å². The normalized spacial score (nSPS) is 51.1. The molecule has 0 aromatic heterocycles. The summed E-state index contributed by atoms with van der Waals surface area (Å²) in [7, 11) is 0. The van der Waals surface area contributed by atoms with Crippen molar-refractivity contribution in [2.45, 2.75) is 46.1 Å². The van der Waals surface area contributed by atoms with E-state index < -0.39 is 0 Å². The summed E-state index contributed by atoms with van der Waals surface area (Å²) in [5.41, 5.74) is 0.294. The molecule has 0 amide bonds. The maximum absolute atomic E-state index is 12.1. The summed E-state index contributed by atoms with van der Waals surface area (Å²) >= 11 is 0. The quantitative estimate of drug-likeness (QED) is 0.735. The number of hydrogen-bond acceptors (Lipinski definition) is 2. The summed E-state index contributed by atoms with van der Waals surface area (Å²) in [6.07, 6.45) is 3.28.